The minimum atomic E-state index is 0.468. The van der Waals surface area contributed by atoms with E-state index in [4.69, 9.17) is 33.3 Å². The van der Waals surface area contributed by atoms with Crippen LogP contribution in [0, 0.1) is 6.92 Å². The van der Waals surface area contributed by atoms with Gasteiger partial charge in [-0.05, 0) is 50.3 Å². The third-order valence-electron chi connectivity index (χ3n) is 4.90. The molecule has 0 atom stereocenters. The van der Waals surface area contributed by atoms with Gasteiger partial charge >= 0.3 is 0 Å². The largest absolute Gasteiger partial charge is 0.214 e. The summed E-state index contributed by atoms with van der Waals surface area (Å²) in [7, 11) is 0. The molecular weight excluding hydrogens is 379 g/mol. The van der Waals surface area contributed by atoms with Gasteiger partial charge in [-0.3, -0.25) is 0 Å². The van der Waals surface area contributed by atoms with Gasteiger partial charge in [-0.1, -0.05) is 56.8 Å². The smallest absolute Gasteiger partial charge is 0.166 e. The first-order valence-electron chi connectivity index (χ1n) is 9.71. The summed E-state index contributed by atoms with van der Waals surface area (Å²) in [6.45, 7) is 8.54. The number of halogens is 2. The average molecular weight is 405 g/mol. The summed E-state index contributed by atoms with van der Waals surface area (Å²) in [6.07, 6.45) is 5.44. The molecule has 0 amide bonds. The molecule has 0 bridgehead atoms. The number of aryl methyl sites for hydroxylation is 2. The highest BCUT2D eigenvalue weighted by atomic mass is 35.5. The molecule has 0 N–H and O–H groups in total. The Bertz CT molecular complexity index is 943. The second-order valence-electron chi connectivity index (χ2n) is 6.94. The number of rotatable bonds is 7. The van der Waals surface area contributed by atoms with Gasteiger partial charge in [0.25, 0.3) is 0 Å². The van der Waals surface area contributed by atoms with E-state index in [2.05, 4.69) is 25.8 Å². The van der Waals surface area contributed by atoms with Crippen molar-refractivity contribution in [3.05, 3.63) is 45.3 Å². The lowest BCUT2D eigenvalue weighted by atomic mass is 9.89. The lowest BCUT2D eigenvalue weighted by Gasteiger charge is -2.16. The lowest BCUT2D eigenvalue weighted by molar-refractivity contribution is 0.559. The molecule has 6 heteroatoms. The van der Waals surface area contributed by atoms with Gasteiger partial charge < -0.3 is 0 Å². The van der Waals surface area contributed by atoms with E-state index >= 15 is 0 Å². The van der Waals surface area contributed by atoms with Crippen LogP contribution in [-0.2, 0) is 6.42 Å². The van der Waals surface area contributed by atoms with Crippen molar-refractivity contribution in [2.24, 2.45) is 0 Å². The molecule has 0 saturated carbocycles. The fraction of sp³-hybridized carbons (Fsp3) is 0.476. The van der Waals surface area contributed by atoms with Crippen LogP contribution in [0.5, 0.6) is 0 Å². The first kappa shape index (κ1) is 20.1. The zero-order valence-corrected chi connectivity index (χ0v) is 17.9. The molecule has 0 saturated heterocycles. The minimum absolute atomic E-state index is 0.468. The Morgan fingerprint density at radius 1 is 1.04 bits per heavy atom. The van der Waals surface area contributed by atoms with E-state index < -0.39 is 0 Å². The van der Waals surface area contributed by atoms with Crippen LogP contribution in [-0.4, -0.2) is 19.6 Å². The van der Waals surface area contributed by atoms with E-state index in [1.54, 1.807) is 6.07 Å². The summed E-state index contributed by atoms with van der Waals surface area (Å²) in [5.74, 6) is 1.90. The first-order valence-corrected chi connectivity index (χ1v) is 10.5. The molecule has 4 nitrogen and oxygen atoms in total. The van der Waals surface area contributed by atoms with Crippen molar-refractivity contribution < 1.29 is 0 Å². The topological polar surface area (TPSA) is 43.1 Å². The summed E-state index contributed by atoms with van der Waals surface area (Å²) >= 11 is 12.6. The minimum Gasteiger partial charge on any atom is -0.214 e. The Morgan fingerprint density at radius 2 is 1.74 bits per heavy atom. The molecular formula is C21H26Cl2N4. The SMILES string of the molecule is CCCC(CCC)c1c(CC)nn2c(-c3ccc(Cl)cc3Cl)nc(C)nc12. The zero-order chi connectivity index (χ0) is 19.6. The predicted molar refractivity (Wildman–Crippen MR) is 113 cm³/mol. The summed E-state index contributed by atoms with van der Waals surface area (Å²) in [5, 5.41) is 6.07. The fourth-order valence-corrected chi connectivity index (χ4v) is 4.25. The van der Waals surface area contributed by atoms with Crippen molar-refractivity contribution >= 4 is 28.8 Å². The number of hydrogen-bond acceptors (Lipinski definition) is 3. The molecule has 27 heavy (non-hydrogen) atoms. The number of nitrogens with zero attached hydrogens (tertiary/aromatic N) is 4. The van der Waals surface area contributed by atoms with E-state index in [1.807, 2.05) is 23.6 Å². The Labute approximate surface area is 170 Å². The third kappa shape index (κ3) is 3.97. The molecule has 0 fully saturated rings. The maximum Gasteiger partial charge on any atom is 0.166 e. The second-order valence-corrected chi connectivity index (χ2v) is 7.79. The normalized spacial score (nSPS) is 11.7. The van der Waals surface area contributed by atoms with Crippen LogP contribution in [0.15, 0.2) is 18.2 Å². The van der Waals surface area contributed by atoms with E-state index in [-0.39, 0.29) is 0 Å². The van der Waals surface area contributed by atoms with E-state index in [9.17, 15) is 0 Å². The number of hydrogen-bond donors (Lipinski definition) is 0. The molecule has 2 heterocycles. The Morgan fingerprint density at radius 3 is 2.33 bits per heavy atom. The molecule has 2 aromatic heterocycles. The molecule has 0 unspecified atom stereocenters. The van der Waals surface area contributed by atoms with Crippen molar-refractivity contribution in [1.29, 1.82) is 0 Å². The van der Waals surface area contributed by atoms with Crippen LogP contribution in [0.3, 0.4) is 0 Å². The van der Waals surface area contributed by atoms with Crippen molar-refractivity contribution in [1.82, 2.24) is 19.6 Å². The van der Waals surface area contributed by atoms with Gasteiger partial charge in [-0.2, -0.15) is 9.61 Å². The van der Waals surface area contributed by atoms with E-state index in [0.29, 0.717) is 21.8 Å². The van der Waals surface area contributed by atoms with Gasteiger partial charge in [0.05, 0.1) is 10.7 Å². The summed E-state index contributed by atoms with van der Waals surface area (Å²) in [5.41, 5.74) is 4.11. The highest BCUT2D eigenvalue weighted by Crippen LogP contribution is 2.35. The van der Waals surface area contributed by atoms with Gasteiger partial charge in [-0.15, -0.1) is 0 Å². The average Bonchev–Trinajstić information content (AvgIpc) is 2.99. The van der Waals surface area contributed by atoms with Crippen LogP contribution >= 0.6 is 23.2 Å². The molecule has 0 aliphatic carbocycles. The maximum atomic E-state index is 6.47. The fourth-order valence-electron chi connectivity index (χ4n) is 3.75. The number of fused-ring (bicyclic) bond motifs is 1. The van der Waals surface area contributed by atoms with Gasteiger partial charge in [-0.25, -0.2) is 9.97 Å². The van der Waals surface area contributed by atoms with Gasteiger partial charge in [0.15, 0.2) is 11.5 Å². The van der Waals surface area contributed by atoms with Crippen molar-refractivity contribution in [3.63, 3.8) is 0 Å². The Kier molecular flexibility index (Phi) is 6.38. The lowest BCUT2D eigenvalue weighted by Crippen LogP contribution is -2.05. The quantitative estimate of drug-likeness (QED) is 0.442. The van der Waals surface area contributed by atoms with Crippen LogP contribution in [0.1, 0.15) is 69.5 Å². The van der Waals surface area contributed by atoms with Crippen LogP contribution in [0.25, 0.3) is 17.0 Å². The summed E-state index contributed by atoms with van der Waals surface area (Å²) < 4.78 is 1.87. The Hall–Kier alpha value is -1.65. The van der Waals surface area contributed by atoms with E-state index in [0.717, 1.165) is 54.8 Å². The molecule has 0 radical (unpaired) electrons. The summed E-state index contributed by atoms with van der Waals surface area (Å²) in [4.78, 5) is 9.45. The molecule has 0 aliphatic heterocycles. The monoisotopic (exact) mass is 404 g/mol. The summed E-state index contributed by atoms with van der Waals surface area (Å²) in [6, 6.07) is 5.46. The molecule has 144 valence electrons. The molecule has 0 aliphatic rings. The number of benzene rings is 1. The van der Waals surface area contributed by atoms with Gasteiger partial charge in [0, 0.05) is 16.1 Å². The third-order valence-corrected chi connectivity index (χ3v) is 5.45. The first-order chi connectivity index (χ1) is 13.0. The van der Waals surface area contributed by atoms with Crippen LogP contribution in [0.2, 0.25) is 10.0 Å². The highest BCUT2D eigenvalue weighted by molar-refractivity contribution is 6.36. The van der Waals surface area contributed by atoms with Gasteiger partial charge in [0.1, 0.15) is 5.82 Å². The second kappa shape index (κ2) is 8.57. The van der Waals surface area contributed by atoms with Crippen LogP contribution < -0.4 is 0 Å². The van der Waals surface area contributed by atoms with Gasteiger partial charge in [0.2, 0.25) is 0 Å². The zero-order valence-electron chi connectivity index (χ0n) is 16.4. The van der Waals surface area contributed by atoms with Crippen LogP contribution in [0.4, 0.5) is 0 Å². The predicted octanol–water partition coefficient (Wildman–Crippen LogP) is 6.65. The molecule has 1 aromatic carbocycles. The van der Waals surface area contributed by atoms with E-state index in [1.165, 1.54) is 5.56 Å². The van der Waals surface area contributed by atoms with Crippen molar-refractivity contribution in [2.45, 2.75) is 65.7 Å². The highest BCUT2D eigenvalue weighted by Gasteiger charge is 2.24. The standard InChI is InChI=1S/C21H26Cl2N4/c1-5-8-14(9-6-2)19-18(7-3)26-27-20(24-13(4)25-21(19)27)16-11-10-15(22)12-17(16)23/h10-12,14H,5-9H2,1-4H3. The molecule has 3 rings (SSSR count). The number of aromatic nitrogens is 4. The van der Waals surface area contributed by atoms with Crippen molar-refractivity contribution in [2.75, 3.05) is 0 Å². The molecule has 3 aromatic rings. The van der Waals surface area contributed by atoms with Crippen molar-refractivity contribution in [3.8, 4) is 11.4 Å². The molecule has 0 spiro atoms. The Balaban J connectivity index is 2.29. The maximum absolute atomic E-state index is 6.47.